The number of nitrogens with zero attached hydrogens (tertiary/aromatic N) is 3. The van der Waals surface area contributed by atoms with E-state index in [0.29, 0.717) is 29.7 Å². The number of ether oxygens (including phenoxy) is 2. The molecule has 1 aliphatic rings. The number of carbonyl (C=O) groups excluding carboxylic acids is 1. The maximum atomic E-state index is 12.9. The fourth-order valence-corrected chi connectivity index (χ4v) is 3.76. The second kappa shape index (κ2) is 9.47. The monoisotopic (exact) mass is 418 g/mol. The second-order valence-electron chi connectivity index (χ2n) is 7.51. The first-order chi connectivity index (χ1) is 15.2. The highest BCUT2D eigenvalue weighted by atomic mass is 16.5. The Balaban J connectivity index is 1.43. The van der Waals surface area contributed by atoms with E-state index < -0.39 is 0 Å². The number of piperidine rings is 1. The first-order valence-corrected chi connectivity index (χ1v) is 10.3. The minimum Gasteiger partial charge on any atom is -0.497 e. The lowest BCUT2D eigenvalue weighted by Gasteiger charge is -2.32. The molecule has 1 amide bonds. The average molecular weight is 418 g/mol. The zero-order valence-electron chi connectivity index (χ0n) is 17.7. The van der Waals surface area contributed by atoms with E-state index in [9.17, 15) is 4.79 Å². The molecule has 3 aromatic rings. The Morgan fingerprint density at radius 1 is 1.00 bits per heavy atom. The summed E-state index contributed by atoms with van der Waals surface area (Å²) in [5.74, 6) is 1.74. The molecule has 7 heteroatoms. The van der Waals surface area contributed by atoms with Crippen LogP contribution in [0.25, 0.3) is 11.1 Å². The van der Waals surface area contributed by atoms with Crippen LogP contribution >= 0.6 is 0 Å². The van der Waals surface area contributed by atoms with Gasteiger partial charge < -0.3 is 19.7 Å². The lowest BCUT2D eigenvalue weighted by atomic mass is 9.97. The normalized spacial score (nSPS) is 15.9. The van der Waals surface area contributed by atoms with Crippen molar-refractivity contribution in [2.45, 2.75) is 12.8 Å². The molecule has 0 radical (unpaired) electrons. The zero-order chi connectivity index (χ0) is 21.6. The largest absolute Gasteiger partial charge is 0.497 e. The standard InChI is InChI=1S/C24H26N4O3/c1-30-21-11-20(12-22(13-21)31-2)27-23(29)18-9-6-10-28(16-18)24-25-14-19(15-26-24)17-7-4-3-5-8-17/h3-5,7-8,11-15,18H,6,9-10,16H2,1-2H3,(H,27,29)/t18-/m0/s1. The summed E-state index contributed by atoms with van der Waals surface area (Å²) in [5.41, 5.74) is 2.71. The van der Waals surface area contributed by atoms with Crippen LogP contribution in [-0.4, -0.2) is 43.2 Å². The van der Waals surface area contributed by atoms with E-state index in [1.54, 1.807) is 32.4 Å². The topological polar surface area (TPSA) is 76.6 Å². The highest BCUT2D eigenvalue weighted by Crippen LogP contribution is 2.28. The molecular weight excluding hydrogens is 392 g/mol. The van der Waals surface area contributed by atoms with Gasteiger partial charge in [0.1, 0.15) is 11.5 Å². The molecule has 0 aliphatic carbocycles. The summed E-state index contributed by atoms with van der Waals surface area (Å²) < 4.78 is 10.6. The number of benzene rings is 2. The number of rotatable bonds is 6. The summed E-state index contributed by atoms with van der Waals surface area (Å²) in [6, 6.07) is 15.4. The maximum Gasteiger partial charge on any atom is 0.229 e. The highest BCUT2D eigenvalue weighted by Gasteiger charge is 2.27. The van der Waals surface area contributed by atoms with Crippen molar-refractivity contribution in [2.75, 3.05) is 37.5 Å². The SMILES string of the molecule is COc1cc(NC(=O)[C@H]2CCCN(c3ncc(-c4ccccc4)cn3)C2)cc(OC)c1. The molecule has 31 heavy (non-hydrogen) atoms. The smallest absolute Gasteiger partial charge is 0.229 e. The van der Waals surface area contributed by atoms with Crippen LogP contribution in [0.2, 0.25) is 0 Å². The van der Waals surface area contributed by atoms with Gasteiger partial charge in [-0.2, -0.15) is 0 Å². The van der Waals surface area contributed by atoms with Gasteiger partial charge in [0.05, 0.1) is 20.1 Å². The molecule has 4 rings (SSSR count). The van der Waals surface area contributed by atoms with Crippen LogP contribution in [-0.2, 0) is 4.79 Å². The first kappa shape index (κ1) is 20.7. The highest BCUT2D eigenvalue weighted by molar-refractivity contribution is 5.93. The molecule has 0 bridgehead atoms. The van der Waals surface area contributed by atoms with Gasteiger partial charge in [-0.25, -0.2) is 9.97 Å². The number of nitrogens with one attached hydrogen (secondary N) is 1. The lowest BCUT2D eigenvalue weighted by molar-refractivity contribution is -0.120. The average Bonchev–Trinajstić information content (AvgIpc) is 2.84. The van der Waals surface area contributed by atoms with Gasteiger partial charge in [-0.05, 0) is 18.4 Å². The third-order valence-corrected chi connectivity index (χ3v) is 5.44. The quantitative estimate of drug-likeness (QED) is 0.652. The Labute approximate surface area is 182 Å². The van der Waals surface area contributed by atoms with Crippen LogP contribution in [0.4, 0.5) is 11.6 Å². The Bertz CT molecular complexity index is 1000. The molecule has 160 valence electrons. The van der Waals surface area contributed by atoms with Gasteiger partial charge in [-0.15, -0.1) is 0 Å². The van der Waals surface area contributed by atoms with Gasteiger partial charge in [0.15, 0.2) is 0 Å². The summed E-state index contributed by atoms with van der Waals surface area (Å²) in [4.78, 5) is 24.1. The molecule has 7 nitrogen and oxygen atoms in total. The number of anilines is 2. The number of carbonyl (C=O) groups is 1. The summed E-state index contributed by atoms with van der Waals surface area (Å²) in [7, 11) is 3.17. The maximum absolute atomic E-state index is 12.9. The Morgan fingerprint density at radius 3 is 2.32 bits per heavy atom. The van der Waals surface area contributed by atoms with Crippen molar-refractivity contribution in [3.8, 4) is 22.6 Å². The summed E-state index contributed by atoms with van der Waals surface area (Å²) >= 11 is 0. The minimum absolute atomic E-state index is 0.0269. The molecule has 1 N–H and O–H groups in total. The van der Waals surface area contributed by atoms with E-state index in [0.717, 1.165) is 30.5 Å². The van der Waals surface area contributed by atoms with Crippen molar-refractivity contribution in [3.05, 3.63) is 60.9 Å². The molecule has 1 atom stereocenters. The van der Waals surface area contributed by atoms with Crippen LogP contribution in [0.3, 0.4) is 0 Å². The molecule has 0 spiro atoms. The first-order valence-electron chi connectivity index (χ1n) is 10.3. The minimum atomic E-state index is -0.150. The molecule has 1 fully saturated rings. The Kier molecular flexibility index (Phi) is 6.31. The fourth-order valence-electron chi connectivity index (χ4n) is 3.76. The van der Waals surface area contributed by atoms with Crippen molar-refractivity contribution < 1.29 is 14.3 Å². The zero-order valence-corrected chi connectivity index (χ0v) is 17.7. The van der Waals surface area contributed by atoms with E-state index in [4.69, 9.17) is 9.47 Å². The molecule has 2 heterocycles. The molecule has 1 aliphatic heterocycles. The molecule has 1 aromatic heterocycles. The van der Waals surface area contributed by atoms with Crippen LogP contribution in [0, 0.1) is 5.92 Å². The van der Waals surface area contributed by atoms with Crippen molar-refractivity contribution in [1.82, 2.24) is 9.97 Å². The summed E-state index contributed by atoms with van der Waals surface area (Å²) in [6.07, 6.45) is 5.41. The van der Waals surface area contributed by atoms with Crippen molar-refractivity contribution in [3.63, 3.8) is 0 Å². The van der Waals surface area contributed by atoms with Gasteiger partial charge in [-0.1, -0.05) is 30.3 Å². The molecule has 2 aromatic carbocycles. The Morgan fingerprint density at radius 2 is 1.68 bits per heavy atom. The number of methoxy groups -OCH3 is 2. The second-order valence-corrected chi connectivity index (χ2v) is 7.51. The van der Waals surface area contributed by atoms with E-state index in [1.165, 1.54) is 0 Å². The van der Waals surface area contributed by atoms with Crippen molar-refractivity contribution >= 4 is 17.5 Å². The van der Waals surface area contributed by atoms with Crippen molar-refractivity contribution in [1.29, 1.82) is 0 Å². The van der Waals surface area contributed by atoms with Gasteiger partial charge >= 0.3 is 0 Å². The molecule has 0 saturated carbocycles. The van der Waals surface area contributed by atoms with Gasteiger partial charge in [-0.3, -0.25) is 4.79 Å². The number of amides is 1. The predicted molar refractivity (Wildman–Crippen MR) is 121 cm³/mol. The molecular formula is C24H26N4O3. The third kappa shape index (κ3) is 4.94. The van der Waals surface area contributed by atoms with Crippen LogP contribution in [0.5, 0.6) is 11.5 Å². The van der Waals surface area contributed by atoms with Crippen LogP contribution in [0.1, 0.15) is 12.8 Å². The fraction of sp³-hybridized carbons (Fsp3) is 0.292. The number of hydrogen-bond donors (Lipinski definition) is 1. The van der Waals surface area contributed by atoms with Crippen LogP contribution < -0.4 is 19.7 Å². The summed E-state index contributed by atoms with van der Waals surface area (Å²) in [6.45, 7) is 1.42. The van der Waals surface area contributed by atoms with Crippen molar-refractivity contribution in [2.24, 2.45) is 5.92 Å². The van der Waals surface area contributed by atoms with Gasteiger partial charge in [0, 0.05) is 54.9 Å². The number of hydrogen-bond acceptors (Lipinski definition) is 6. The lowest BCUT2D eigenvalue weighted by Crippen LogP contribution is -2.41. The van der Waals surface area contributed by atoms with E-state index in [2.05, 4.69) is 20.2 Å². The third-order valence-electron chi connectivity index (χ3n) is 5.44. The predicted octanol–water partition coefficient (Wildman–Crippen LogP) is 4.02. The van der Waals surface area contributed by atoms with E-state index in [1.807, 2.05) is 42.7 Å². The van der Waals surface area contributed by atoms with E-state index in [-0.39, 0.29) is 11.8 Å². The summed E-state index contributed by atoms with van der Waals surface area (Å²) in [5, 5.41) is 3.00. The van der Waals surface area contributed by atoms with Crippen LogP contribution in [0.15, 0.2) is 60.9 Å². The van der Waals surface area contributed by atoms with E-state index >= 15 is 0 Å². The van der Waals surface area contributed by atoms with Gasteiger partial charge in [0.25, 0.3) is 0 Å². The molecule has 1 saturated heterocycles. The Hall–Kier alpha value is -3.61. The number of aromatic nitrogens is 2. The van der Waals surface area contributed by atoms with Gasteiger partial charge in [0.2, 0.25) is 11.9 Å². The molecule has 0 unspecified atom stereocenters.